The van der Waals surface area contributed by atoms with Crippen LogP contribution in [-0.4, -0.2) is 40.1 Å². The average Bonchev–Trinajstić information content (AvgIpc) is 3.35. The van der Waals surface area contributed by atoms with Crippen molar-refractivity contribution in [3.63, 3.8) is 0 Å². The SMILES string of the molecule is COc1cc2c(cc1OC)-c1c(c(C(=O)Nc3nnc(CC(C)C)s3)nn1C)C2. The second-order valence-electron chi connectivity index (χ2n) is 7.39. The molecule has 0 spiro atoms. The molecule has 0 aliphatic heterocycles. The number of nitrogens with zero attached hydrogens (tertiary/aromatic N) is 4. The van der Waals surface area contributed by atoms with Crippen molar-refractivity contribution in [3.05, 3.63) is 34.0 Å². The van der Waals surface area contributed by atoms with Gasteiger partial charge in [0, 0.05) is 31.0 Å². The van der Waals surface area contributed by atoms with Gasteiger partial charge >= 0.3 is 0 Å². The highest BCUT2D eigenvalue weighted by Crippen LogP contribution is 2.43. The molecule has 1 aliphatic carbocycles. The third kappa shape index (κ3) is 3.46. The van der Waals surface area contributed by atoms with Gasteiger partial charge in [-0.25, -0.2) is 0 Å². The molecule has 0 bridgehead atoms. The van der Waals surface area contributed by atoms with Crippen LogP contribution in [0, 0.1) is 5.92 Å². The highest BCUT2D eigenvalue weighted by Gasteiger charge is 2.31. The number of ether oxygens (including phenoxy) is 2. The van der Waals surface area contributed by atoms with Crippen LogP contribution in [-0.2, 0) is 19.9 Å². The monoisotopic (exact) mass is 413 g/mol. The quantitative estimate of drug-likeness (QED) is 0.521. The molecule has 1 N–H and O–H groups in total. The van der Waals surface area contributed by atoms with Crippen molar-refractivity contribution in [2.45, 2.75) is 26.7 Å². The average molecular weight is 414 g/mol. The van der Waals surface area contributed by atoms with Crippen LogP contribution in [0.5, 0.6) is 11.5 Å². The fraction of sp³-hybridized carbons (Fsp3) is 0.400. The predicted octanol–water partition coefficient (Wildman–Crippen LogP) is 3.31. The van der Waals surface area contributed by atoms with Crippen LogP contribution in [0.15, 0.2) is 12.1 Å². The maximum Gasteiger partial charge on any atom is 0.278 e. The Morgan fingerprint density at radius 1 is 1.24 bits per heavy atom. The van der Waals surface area contributed by atoms with Gasteiger partial charge < -0.3 is 9.47 Å². The van der Waals surface area contributed by atoms with Crippen LogP contribution in [0.3, 0.4) is 0 Å². The van der Waals surface area contributed by atoms with E-state index in [1.54, 1.807) is 18.9 Å². The molecule has 1 amide bonds. The predicted molar refractivity (Wildman–Crippen MR) is 111 cm³/mol. The Bertz CT molecular complexity index is 1090. The summed E-state index contributed by atoms with van der Waals surface area (Å²) in [5.41, 5.74) is 4.29. The maximum absolute atomic E-state index is 12.9. The lowest BCUT2D eigenvalue weighted by atomic mass is 10.1. The summed E-state index contributed by atoms with van der Waals surface area (Å²) in [6.07, 6.45) is 1.45. The van der Waals surface area contributed by atoms with Crippen molar-refractivity contribution in [3.8, 4) is 22.8 Å². The van der Waals surface area contributed by atoms with E-state index in [1.165, 1.54) is 11.3 Å². The van der Waals surface area contributed by atoms with E-state index in [0.29, 0.717) is 34.7 Å². The number of aromatic nitrogens is 4. The fourth-order valence-electron chi connectivity index (χ4n) is 3.63. The number of hydrogen-bond donors (Lipinski definition) is 1. The lowest BCUT2D eigenvalue weighted by molar-refractivity contribution is 0.102. The lowest BCUT2D eigenvalue weighted by Crippen LogP contribution is -2.14. The number of aryl methyl sites for hydroxylation is 1. The number of fused-ring (bicyclic) bond motifs is 3. The van der Waals surface area contributed by atoms with Gasteiger partial charge in [0.1, 0.15) is 5.01 Å². The molecule has 0 saturated heterocycles. The first-order valence-electron chi connectivity index (χ1n) is 9.36. The maximum atomic E-state index is 12.9. The number of benzene rings is 1. The zero-order valence-electron chi connectivity index (χ0n) is 17.1. The Morgan fingerprint density at radius 3 is 2.66 bits per heavy atom. The molecule has 3 aromatic rings. The smallest absolute Gasteiger partial charge is 0.278 e. The number of nitrogens with one attached hydrogen (secondary N) is 1. The molecule has 2 heterocycles. The van der Waals surface area contributed by atoms with Crippen LogP contribution >= 0.6 is 11.3 Å². The minimum atomic E-state index is -0.277. The molecule has 0 unspecified atom stereocenters. The van der Waals surface area contributed by atoms with Crippen LogP contribution in [0.2, 0.25) is 0 Å². The molecule has 2 aromatic heterocycles. The summed E-state index contributed by atoms with van der Waals surface area (Å²) in [6, 6.07) is 3.89. The second-order valence-corrected chi connectivity index (χ2v) is 8.46. The fourth-order valence-corrected chi connectivity index (χ4v) is 4.57. The third-order valence-electron chi connectivity index (χ3n) is 4.86. The van der Waals surface area contributed by atoms with Crippen LogP contribution < -0.4 is 14.8 Å². The topological polar surface area (TPSA) is 91.2 Å². The summed E-state index contributed by atoms with van der Waals surface area (Å²) in [5.74, 6) is 1.53. The Kier molecular flexibility index (Phi) is 4.99. The van der Waals surface area contributed by atoms with Crippen LogP contribution in [0.4, 0.5) is 5.13 Å². The molecule has 0 radical (unpaired) electrons. The van der Waals surface area contributed by atoms with E-state index < -0.39 is 0 Å². The molecule has 0 atom stereocenters. The highest BCUT2D eigenvalue weighted by atomic mass is 32.1. The number of anilines is 1. The number of methoxy groups -OCH3 is 2. The summed E-state index contributed by atoms with van der Waals surface area (Å²) < 4.78 is 12.6. The van der Waals surface area contributed by atoms with Crippen molar-refractivity contribution in [1.29, 1.82) is 0 Å². The summed E-state index contributed by atoms with van der Waals surface area (Å²) >= 11 is 1.40. The van der Waals surface area contributed by atoms with Gasteiger partial charge in [-0.2, -0.15) is 5.10 Å². The Balaban J connectivity index is 1.63. The minimum absolute atomic E-state index is 0.277. The van der Waals surface area contributed by atoms with Crippen molar-refractivity contribution in [2.24, 2.45) is 13.0 Å². The third-order valence-corrected chi connectivity index (χ3v) is 5.72. The van der Waals surface area contributed by atoms with Gasteiger partial charge in [0.05, 0.1) is 19.9 Å². The zero-order valence-corrected chi connectivity index (χ0v) is 17.9. The van der Waals surface area contributed by atoms with E-state index in [9.17, 15) is 4.79 Å². The number of amides is 1. The normalized spacial score (nSPS) is 12.1. The molecule has 4 rings (SSSR count). The first-order valence-corrected chi connectivity index (χ1v) is 10.2. The van der Waals surface area contributed by atoms with E-state index in [0.717, 1.165) is 33.8 Å². The van der Waals surface area contributed by atoms with Gasteiger partial charge in [-0.05, 0) is 23.6 Å². The molecule has 0 fully saturated rings. The Labute approximate surface area is 172 Å². The van der Waals surface area contributed by atoms with Gasteiger partial charge in [-0.1, -0.05) is 25.2 Å². The summed E-state index contributed by atoms with van der Waals surface area (Å²) in [4.78, 5) is 12.9. The molecule has 29 heavy (non-hydrogen) atoms. The Morgan fingerprint density at radius 2 is 1.97 bits per heavy atom. The van der Waals surface area contributed by atoms with Gasteiger partial charge in [-0.15, -0.1) is 10.2 Å². The van der Waals surface area contributed by atoms with Gasteiger partial charge in [0.15, 0.2) is 17.2 Å². The van der Waals surface area contributed by atoms with E-state index in [1.807, 2.05) is 19.2 Å². The van der Waals surface area contributed by atoms with E-state index in [-0.39, 0.29) is 5.91 Å². The summed E-state index contributed by atoms with van der Waals surface area (Å²) in [5, 5.41) is 17.0. The first-order chi connectivity index (χ1) is 13.9. The number of carbonyl (C=O) groups excluding carboxylic acids is 1. The molecule has 8 nitrogen and oxygen atoms in total. The van der Waals surface area contributed by atoms with Gasteiger partial charge in [0.2, 0.25) is 5.13 Å². The van der Waals surface area contributed by atoms with Crippen molar-refractivity contribution in [1.82, 2.24) is 20.0 Å². The highest BCUT2D eigenvalue weighted by molar-refractivity contribution is 7.15. The van der Waals surface area contributed by atoms with Crippen molar-refractivity contribution < 1.29 is 14.3 Å². The van der Waals surface area contributed by atoms with Gasteiger partial charge in [0.25, 0.3) is 5.91 Å². The van der Waals surface area contributed by atoms with Crippen molar-refractivity contribution >= 4 is 22.4 Å². The van der Waals surface area contributed by atoms with Crippen molar-refractivity contribution in [2.75, 3.05) is 19.5 Å². The summed E-state index contributed by atoms with van der Waals surface area (Å²) in [6.45, 7) is 4.25. The second kappa shape index (κ2) is 7.47. The summed E-state index contributed by atoms with van der Waals surface area (Å²) in [7, 11) is 5.06. The van der Waals surface area contributed by atoms with E-state index in [4.69, 9.17) is 9.47 Å². The molecule has 9 heteroatoms. The molecule has 1 aliphatic rings. The standard InChI is InChI=1S/C20H23N5O3S/c1-10(2)6-16-22-23-20(29-16)21-19(26)17-13-7-11-8-14(27-4)15(28-5)9-12(11)18(13)25(3)24-17/h8-10H,6-7H2,1-5H3,(H,21,23,26). The molecular weight excluding hydrogens is 390 g/mol. The van der Waals surface area contributed by atoms with Crippen LogP contribution in [0.1, 0.15) is 40.5 Å². The molecule has 0 saturated carbocycles. The lowest BCUT2D eigenvalue weighted by Gasteiger charge is -2.11. The largest absolute Gasteiger partial charge is 0.493 e. The van der Waals surface area contributed by atoms with E-state index in [2.05, 4.69) is 34.5 Å². The van der Waals surface area contributed by atoms with Crippen LogP contribution in [0.25, 0.3) is 11.3 Å². The number of hydrogen-bond acceptors (Lipinski definition) is 7. The first kappa shape index (κ1) is 19.4. The number of carbonyl (C=O) groups is 1. The molecule has 1 aromatic carbocycles. The molecular formula is C20H23N5O3S. The van der Waals surface area contributed by atoms with Gasteiger partial charge in [-0.3, -0.25) is 14.8 Å². The van der Waals surface area contributed by atoms with E-state index >= 15 is 0 Å². The minimum Gasteiger partial charge on any atom is -0.493 e. The molecule has 152 valence electrons. The Hall–Kier alpha value is -2.94. The number of rotatable bonds is 6. The zero-order chi connectivity index (χ0) is 20.7.